The molecular formula is C88H172O17P2. The first-order valence-electron chi connectivity index (χ1n) is 45.2. The molecule has 0 aliphatic rings. The summed E-state index contributed by atoms with van der Waals surface area (Å²) in [7, 11) is -9.93. The molecule has 636 valence electrons. The lowest BCUT2D eigenvalue weighted by atomic mass is 10.00. The first kappa shape index (κ1) is 105. The monoisotopic (exact) mass is 1560 g/mol. The smallest absolute Gasteiger partial charge is 0.462 e. The van der Waals surface area contributed by atoms with Gasteiger partial charge in [0.25, 0.3) is 0 Å². The van der Waals surface area contributed by atoms with Crippen LogP contribution in [0.2, 0.25) is 0 Å². The molecule has 0 saturated carbocycles. The molecule has 0 aromatic rings. The summed E-state index contributed by atoms with van der Waals surface area (Å²) < 4.78 is 68.9. The van der Waals surface area contributed by atoms with Gasteiger partial charge in [-0.25, -0.2) is 9.13 Å². The zero-order chi connectivity index (χ0) is 78.8. The van der Waals surface area contributed by atoms with Crippen molar-refractivity contribution in [3.8, 4) is 0 Å². The minimum absolute atomic E-state index is 0.107. The lowest BCUT2D eigenvalue weighted by Gasteiger charge is -2.21. The second-order valence-electron chi connectivity index (χ2n) is 33.3. The van der Waals surface area contributed by atoms with E-state index in [2.05, 4.69) is 55.4 Å². The van der Waals surface area contributed by atoms with E-state index in [1.165, 1.54) is 257 Å². The van der Waals surface area contributed by atoms with E-state index in [0.29, 0.717) is 25.7 Å². The molecule has 107 heavy (non-hydrogen) atoms. The van der Waals surface area contributed by atoms with Gasteiger partial charge in [0.05, 0.1) is 26.4 Å². The Bertz CT molecular complexity index is 2080. The van der Waals surface area contributed by atoms with Crippen LogP contribution in [0.4, 0.5) is 0 Å². The van der Waals surface area contributed by atoms with Crippen LogP contribution < -0.4 is 0 Å². The maximum absolute atomic E-state index is 13.2. The fourth-order valence-electron chi connectivity index (χ4n) is 13.6. The fourth-order valence-corrected chi connectivity index (χ4v) is 15.2. The van der Waals surface area contributed by atoms with Gasteiger partial charge in [0.15, 0.2) is 12.2 Å². The van der Waals surface area contributed by atoms with Crippen LogP contribution in [-0.2, 0) is 65.4 Å². The second kappa shape index (κ2) is 76.7. The van der Waals surface area contributed by atoms with Crippen LogP contribution in [0.1, 0.15) is 460 Å². The summed E-state index contributed by atoms with van der Waals surface area (Å²) in [6, 6.07) is 0. The van der Waals surface area contributed by atoms with Crippen molar-refractivity contribution < 1.29 is 80.2 Å². The van der Waals surface area contributed by atoms with Gasteiger partial charge in [0.2, 0.25) is 0 Å². The van der Waals surface area contributed by atoms with Crippen LogP contribution in [0.15, 0.2) is 0 Å². The predicted octanol–water partition coefficient (Wildman–Crippen LogP) is 26.7. The van der Waals surface area contributed by atoms with Crippen LogP contribution in [0, 0.1) is 23.7 Å². The summed E-state index contributed by atoms with van der Waals surface area (Å²) in [5.74, 6) is 1.05. The zero-order valence-corrected chi connectivity index (χ0v) is 72.6. The normalized spacial score (nSPS) is 14.1. The van der Waals surface area contributed by atoms with Crippen LogP contribution in [0.3, 0.4) is 0 Å². The topological polar surface area (TPSA) is 237 Å². The van der Waals surface area contributed by atoms with Crippen molar-refractivity contribution in [1.82, 2.24) is 0 Å². The molecule has 0 bridgehead atoms. The molecule has 3 N–H and O–H groups in total. The van der Waals surface area contributed by atoms with E-state index < -0.39 is 97.5 Å². The average Bonchev–Trinajstić information content (AvgIpc) is 0.900. The fraction of sp³-hybridized carbons (Fsp3) is 0.955. The molecule has 0 aliphatic heterocycles. The van der Waals surface area contributed by atoms with Crippen LogP contribution >= 0.6 is 15.6 Å². The highest BCUT2D eigenvalue weighted by atomic mass is 31.2. The number of aliphatic hydroxyl groups is 1. The molecule has 19 heteroatoms. The maximum Gasteiger partial charge on any atom is 0.472 e. The van der Waals surface area contributed by atoms with Crippen molar-refractivity contribution in [2.75, 3.05) is 39.6 Å². The van der Waals surface area contributed by atoms with E-state index in [0.717, 1.165) is 120 Å². The van der Waals surface area contributed by atoms with Gasteiger partial charge in [-0.2, -0.15) is 0 Å². The molecule has 0 aromatic heterocycles. The van der Waals surface area contributed by atoms with Crippen molar-refractivity contribution in [2.45, 2.75) is 478 Å². The predicted molar refractivity (Wildman–Crippen MR) is 441 cm³/mol. The standard InChI is InChI=1S/C88H172O17P2/c1-9-81(8)67-59-51-46-47-53-61-69-86(91)99-75-84(105-88(93)71-63-55-45-39-33-27-21-15-18-24-30-36-42-50-58-66-80(6)7)77-103-107(96,97)101-73-82(89)72-100-106(94,95)102-76-83(104-87(92)70-62-54-44-38-32-26-20-14-17-23-29-35-41-49-57-65-79(4)5)74-98-85(90)68-60-52-43-37-31-25-19-13-11-10-12-16-22-28-34-40-48-56-64-78(2)3/h78-84,89H,9-77H2,1-8H3,(H,94,95)(H,96,97)/t81?,82-,83-,84-/m1/s1. The van der Waals surface area contributed by atoms with Gasteiger partial charge in [-0.1, -0.05) is 409 Å². The average molecular weight is 1560 g/mol. The summed E-state index contributed by atoms with van der Waals surface area (Å²) in [5.41, 5.74) is 0. The third-order valence-electron chi connectivity index (χ3n) is 20.9. The summed E-state index contributed by atoms with van der Waals surface area (Å²) >= 11 is 0. The molecule has 0 spiro atoms. The van der Waals surface area contributed by atoms with Gasteiger partial charge >= 0.3 is 39.5 Å². The van der Waals surface area contributed by atoms with Gasteiger partial charge in [0.1, 0.15) is 19.3 Å². The quantitative estimate of drug-likeness (QED) is 0.0222. The molecule has 0 saturated heterocycles. The Morgan fingerprint density at radius 3 is 0.664 bits per heavy atom. The van der Waals surface area contributed by atoms with Gasteiger partial charge in [-0.3, -0.25) is 37.3 Å². The number of ether oxygens (including phenoxy) is 4. The summed E-state index contributed by atoms with van der Waals surface area (Å²) in [4.78, 5) is 73.3. The number of carbonyl (C=O) groups excluding carboxylic acids is 4. The Balaban J connectivity index is 5.22. The lowest BCUT2D eigenvalue weighted by molar-refractivity contribution is -0.161. The number of esters is 4. The molecule has 0 amide bonds. The Hall–Kier alpha value is -1.94. The highest BCUT2D eigenvalue weighted by Crippen LogP contribution is 2.45. The molecule has 6 atom stereocenters. The molecule has 0 heterocycles. The van der Waals surface area contributed by atoms with Gasteiger partial charge in [-0.05, 0) is 49.4 Å². The van der Waals surface area contributed by atoms with E-state index in [1.807, 2.05) is 0 Å². The van der Waals surface area contributed by atoms with Crippen molar-refractivity contribution in [3.63, 3.8) is 0 Å². The highest BCUT2D eigenvalue weighted by Gasteiger charge is 2.31. The van der Waals surface area contributed by atoms with E-state index in [9.17, 15) is 43.2 Å². The van der Waals surface area contributed by atoms with Gasteiger partial charge in [-0.15, -0.1) is 0 Å². The number of hydrogen-bond donors (Lipinski definition) is 3. The molecule has 0 radical (unpaired) electrons. The van der Waals surface area contributed by atoms with Crippen LogP contribution in [0.5, 0.6) is 0 Å². The van der Waals surface area contributed by atoms with E-state index >= 15 is 0 Å². The highest BCUT2D eigenvalue weighted by molar-refractivity contribution is 7.47. The SMILES string of the molecule is CCC(C)CCCCCCCCC(=O)OC[C@H](COP(=O)(O)OC[C@H](O)COP(=O)(O)OC[C@@H](COC(=O)CCCCCCCCCCCCCCCCCCCCC(C)C)OC(=O)CCCCCCCCCCCCCCCCCC(C)C)OC(=O)CCCCCCCCCCCCCCCCCC(C)C. The van der Waals surface area contributed by atoms with E-state index in [1.54, 1.807) is 0 Å². The number of rotatable bonds is 85. The Labute approximate surface area is 658 Å². The van der Waals surface area contributed by atoms with Crippen LogP contribution in [0.25, 0.3) is 0 Å². The minimum atomic E-state index is -4.97. The van der Waals surface area contributed by atoms with E-state index in [-0.39, 0.29) is 25.7 Å². The number of phosphoric acid groups is 2. The Morgan fingerprint density at radius 1 is 0.262 bits per heavy atom. The Kier molecular flexibility index (Phi) is 75.3. The third kappa shape index (κ3) is 80.5. The van der Waals surface area contributed by atoms with Crippen LogP contribution in [-0.4, -0.2) is 96.7 Å². The molecule has 0 fully saturated rings. The third-order valence-corrected chi connectivity index (χ3v) is 22.8. The molecule has 0 aromatic carbocycles. The summed E-state index contributed by atoms with van der Waals surface area (Å²) in [5, 5.41) is 10.7. The molecule has 17 nitrogen and oxygen atoms in total. The van der Waals surface area contributed by atoms with Gasteiger partial charge < -0.3 is 33.8 Å². The van der Waals surface area contributed by atoms with Crippen molar-refractivity contribution in [1.29, 1.82) is 0 Å². The van der Waals surface area contributed by atoms with Crippen molar-refractivity contribution in [2.24, 2.45) is 23.7 Å². The first-order valence-corrected chi connectivity index (χ1v) is 48.2. The second-order valence-corrected chi connectivity index (χ2v) is 36.2. The summed E-state index contributed by atoms with van der Waals surface area (Å²) in [6.45, 7) is 14.3. The largest absolute Gasteiger partial charge is 0.472 e. The minimum Gasteiger partial charge on any atom is -0.462 e. The summed E-state index contributed by atoms with van der Waals surface area (Å²) in [6.07, 6.45) is 66.7. The molecule has 0 aliphatic carbocycles. The lowest BCUT2D eigenvalue weighted by Crippen LogP contribution is -2.30. The maximum atomic E-state index is 13.2. The van der Waals surface area contributed by atoms with Crippen molar-refractivity contribution >= 4 is 39.5 Å². The Morgan fingerprint density at radius 2 is 0.449 bits per heavy atom. The van der Waals surface area contributed by atoms with E-state index in [4.69, 9.17) is 37.0 Å². The van der Waals surface area contributed by atoms with Crippen molar-refractivity contribution in [3.05, 3.63) is 0 Å². The first-order chi connectivity index (χ1) is 51.6. The number of aliphatic hydroxyl groups excluding tert-OH is 1. The molecule has 3 unspecified atom stereocenters. The van der Waals surface area contributed by atoms with Gasteiger partial charge in [0, 0.05) is 25.7 Å². The molecular weight excluding hydrogens is 1390 g/mol. The number of hydrogen-bond acceptors (Lipinski definition) is 15. The molecule has 0 rings (SSSR count). The number of unbranched alkanes of at least 4 members (excludes halogenated alkanes) is 50. The zero-order valence-electron chi connectivity index (χ0n) is 70.8. The number of carbonyl (C=O) groups is 4. The number of phosphoric ester groups is 2.